The number of carbonyl (C=O) groups excluding carboxylic acids is 1. The number of hydrogen-bond donors (Lipinski definition) is 1. The van der Waals surface area contributed by atoms with Crippen LogP contribution in [-0.4, -0.2) is 21.9 Å². The van der Waals surface area contributed by atoms with Crippen molar-refractivity contribution in [1.29, 1.82) is 0 Å². The topological polar surface area (TPSA) is 68.0 Å². The van der Waals surface area contributed by atoms with Gasteiger partial charge in [0, 0.05) is 5.56 Å². The zero-order chi connectivity index (χ0) is 19.2. The molecule has 1 N–H and O–H groups in total. The number of benzene rings is 2. The van der Waals surface area contributed by atoms with E-state index in [1.807, 2.05) is 61.5 Å². The largest absolute Gasteiger partial charge is 0.411 e. The van der Waals surface area contributed by atoms with Gasteiger partial charge in [-0.2, -0.15) is 0 Å². The van der Waals surface area contributed by atoms with Crippen LogP contribution >= 0.6 is 11.8 Å². The molecule has 140 valence electrons. The fourth-order valence-corrected chi connectivity index (χ4v) is 3.40. The van der Waals surface area contributed by atoms with Crippen molar-refractivity contribution in [1.82, 2.24) is 15.5 Å². The van der Waals surface area contributed by atoms with Gasteiger partial charge in [-0.15, -0.1) is 10.2 Å². The number of rotatable bonds is 7. The highest BCUT2D eigenvalue weighted by molar-refractivity contribution is 7.99. The maximum absolute atomic E-state index is 12.4. The smallest absolute Gasteiger partial charge is 0.277 e. The molecule has 1 heterocycles. The van der Waals surface area contributed by atoms with Crippen LogP contribution in [0.4, 0.5) is 0 Å². The Hall–Kier alpha value is -2.60. The molecule has 3 rings (SSSR count). The first-order chi connectivity index (χ1) is 13.0. The van der Waals surface area contributed by atoms with Crippen LogP contribution in [0.3, 0.4) is 0 Å². The quantitative estimate of drug-likeness (QED) is 0.603. The number of nitrogens with one attached hydrogen (secondary N) is 1. The van der Waals surface area contributed by atoms with Gasteiger partial charge in [-0.05, 0) is 30.0 Å². The van der Waals surface area contributed by atoms with Crippen molar-refractivity contribution >= 4 is 17.7 Å². The van der Waals surface area contributed by atoms with Gasteiger partial charge in [0.25, 0.3) is 5.22 Å². The Balaban J connectivity index is 1.60. The number of thioether (sulfide) groups is 1. The summed E-state index contributed by atoms with van der Waals surface area (Å²) in [5, 5.41) is 11.6. The fourth-order valence-electron chi connectivity index (χ4n) is 2.83. The summed E-state index contributed by atoms with van der Waals surface area (Å²) in [7, 11) is 0. The van der Waals surface area contributed by atoms with Crippen molar-refractivity contribution in [3.8, 4) is 11.5 Å². The van der Waals surface area contributed by atoms with E-state index in [4.69, 9.17) is 4.42 Å². The molecule has 0 aliphatic heterocycles. The maximum atomic E-state index is 12.4. The molecule has 1 aromatic heterocycles. The molecule has 2 aromatic carbocycles. The Morgan fingerprint density at radius 3 is 2.48 bits per heavy atom. The van der Waals surface area contributed by atoms with Crippen molar-refractivity contribution in [3.05, 3.63) is 65.7 Å². The lowest BCUT2D eigenvalue weighted by atomic mass is 9.96. The van der Waals surface area contributed by atoms with E-state index in [0.29, 0.717) is 11.1 Å². The Bertz CT molecular complexity index is 893. The van der Waals surface area contributed by atoms with Crippen LogP contribution in [0.15, 0.2) is 64.2 Å². The third-order valence-electron chi connectivity index (χ3n) is 4.25. The number of amides is 1. The van der Waals surface area contributed by atoms with Crippen molar-refractivity contribution < 1.29 is 9.21 Å². The van der Waals surface area contributed by atoms with E-state index in [-0.39, 0.29) is 23.6 Å². The van der Waals surface area contributed by atoms with Gasteiger partial charge in [0.15, 0.2) is 0 Å². The highest BCUT2D eigenvalue weighted by Gasteiger charge is 2.19. The second kappa shape index (κ2) is 8.86. The molecule has 0 fully saturated rings. The molecule has 0 spiro atoms. The molecule has 0 radical (unpaired) electrons. The molecule has 0 aliphatic carbocycles. The SMILES string of the molecule is Cc1ccccc1-c1nnc(SCC(=O)NC(c2ccccc2)C(C)C)o1. The van der Waals surface area contributed by atoms with Gasteiger partial charge >= 0.3 is 0 Å². The number of carbonyl (C=O) groups is 1. The first-order valence-electron chi connectivity index (χ1n) is 8.91. The summed E-state index contributed by atoms with van der Waals surface area (Å²) in [4.78, 5) is 12.4. The molecule has 1 unspecified atom stereocenters. The van der Waals surface area contributed by atoms with Crippen molar-refractivity contribution in [3.63, 3.8) is 0 Å². The molecule has 27 heavy (non-hydrogen) atoms. The average Bonchev–Trinajstić information content (AvgIpc) is 3.14. The van der Waals surface area contributed by atoms with Gasteiger partial charge < -0.3 is 9.73 Å². The van der Waals surface area contributed by atoms with E-state index in [9.17, 15) is 4.79 Å². The Labute approximate surface area is 163 Å². The standard InChI is InChI=1S/C21H23N3O2S/c1-14(2)19(16-10-5-4-6-11-16)22-18(25)13-27-21-24-23-20(26-21)17-12-8-7-9-15(17)3/h4-12,14,19H,13H2,1-3H3,(H,22,25). The number of aryl methyl sites for hydroxylation is 1. The third kappa shape index (κ3) is 4.98. The van der Waals surface area contributed by atoms with Crippen molar-refractivity contribution in [2.24, 2.45) is 5.92 Å². The van der Waals surface area contributed by atoms with Gasteiger partial charge in [-0.3, -0.25) is 4.79 Å². The van der Waals surface area contributed by atoms with Crippen LogP contribution in [0.1, 0.15) is 31.0 Å². The molecule has 0 bridgehead atoms. The van der Waals surface area contributed by atoms with Crippen molar-refractivity contribution in [2.75, 3.05) is 5.75 Å². The lowest BCUT2D eigenvalue weighted by Crippen LogP contribution is -2.32. The first-order valence-corrected chi connectivity index (χ1v) is 9.89. The average molecular weight is 382 g/mol. The second-order valence-electron chi connectivity index (χ2n) is 6.68. The summed E-state index contributed by atoms with van der Waals surface area (Å²) >= 11 is 1.25. The Morgan fingerprint density at radius 2 is 1.78 bits per heavy atom. The summed E-state index contributed by atoms with van der Waals surface area (Å²) in [6.45, 7) is 6.19. The molecule has 0 aliphatic rings. The Morgan fingerprint density at radius 1 is 1.07 bits per heavy atom. The predicted molar refractivity (Wildman–Crippen MR) is 107 cm³/mol. The molecule has 6 heteroatoms. The van der Waals surface area contributed by atoms with Crippen LogP contribution in [0.2, 0.25) is 0 Å². The maximum Gasteiger partial charge on any atom is 0.277 e. The first kappa shape index (κ1) is 19.2. The molecule has 1 amide bonds. The van der Waals surface area contributed by atoms with Crippen LogP contribution in [0, 0.1) is 12.8 Å². The van der Waals surface area contributed by atoms with Crippen LogP contribution < -0.4 is 5.32 Å². The third-order valence-corrected chi connectivity index (χ3v) is 5.07. The normalized spacial score (nSPS) is 12.1. The van der Waals surface area contributed by atoms with E-state index in [0.717, 1.165) is 16.7 Å². The van der Waals surface area contributed by atoms with Crippen LogP contribution in [0.5, 0.6) is 0 Å². The molecular formula is C21H23N3O2S. The molecule has 5 nitrogen and oxygen atoms in total. The minimum Gasteiger partial charge on any atom is -0.411 e. The summed E-state index contributed by atoms with van der Waals surface area (Å²) in [5.74, 6) is 0.932. The highest BCUT2D eigenvalue weighted by atomic mass is 32.2. The van der Waals surface area contributed by atoms with Gasteiger partial charge in [-0.25, -0.2) is 0 Å². The summed E-state index contributed by atoms with van der Waals surface area (Å²) in [6, 6.07) is 17.8. The minimum atomic E-state index is -0.0572. The molecule has 0 saturated carbocycles. The summed E-state index contributed by atoms with van der Waals surface area (Å²) in [6.07, 6.45) is 0. The highest BCUT2D eigenvalue weighted by Crippen LogP contribution is 2.26. The van der Waals surface area contributed by atoms with Crippen LogP contribution in [0.25, 0.3) is 11.5 Å². The monoisotopic (exact) mass is 381 g/mol. The number of aromatic nitrogens is 2. The predicted octanol–water partition coefficient (Wildman–Crippen LogP) is 4.65. The summed E-state index contributed by atoms with van der Waals surface area (Å²) < 4.78 is 5.70. The minimum absolute atomic E-state index is 0.0236. The molecule has 1 atom stereocenters. The van der Waals surface area contributed by atoms with Gasteiger partial charge in [0.1, 0.15) is 0 Å². The van der Waals surface area contributed by atoms with E-state index in [1.54, 1.807) is 0 Å². The van der Waals surface area contributed by atoms with Gasteiger partial charge in [0.05, 0.1) is 11.8 Å². The lowest BCUT2D eigenvalue weighted by molar-refractivity contribution is -0.119. The zero-order valence-corrected chi connectivity index (χ0v) is 16.5. The zero-order valence-electron chi connectivity index (χ0n) is 15.7. The van der Waals surface area contributed by atoms with Crippen LogP contribution in [-0.2, 0) is 4.79 Å². The number of hydrogen-bond acceptors (Lipinski definition) is 5. The molecule has 0 saturated heterocycles. The second-order valence-corrected chi connectivity index (χ2v) is 7.60. The van der Waals surface area contributed by atoms with E-state index in [2.05, 4.69) is 29.4 Å². The van der Waals surface area contributed by atoms with Gasteiger partial charge in [-0.1, -0.05) is 74.1 Å². The van der Waals surface area contributed by atoms with E-state index >= 15 is 0 Å². The van der Waals surface area contributed by atoms with E-state index < -0.39 is 0 Å². The van der Waals surface area contributed by atoms with E-state index in [1.165, 1.54) is 11.8 Å². The van der Waals surface area contributed by atoms with Crippen molar-refractivity contribution in [2.45, 2.75) is 32.0 Å². The molecule has 3 aromatic rings. The number of nitrogens with zero attached hydrogens (tertiary/aromatic N) is 2. The summed E-state index contributed by atoms with van der Waals surface area (Å²) in [5.41, 5.74) is 3.08. The fraction of sp³-hybridized carbons (Fsp3) is 0.286. The Kier molecular flexibility index (Phi) is 6.29. The van der Waals surface area contributed by atoms with Gasteiger partial charge in [0.2, 0.25) is 11.8 Å². The molecular weight excluding hydrogens is 358 g/mol. The lowest BCUT2D eigenvalue weighted by Gasteiger charge is -2.22.